The van der Waals surface area contributed by atoms with Crippen molar-refractivity contribution in [3.8, 4) is 0 Å². The molecule has 0 heterocycles. The predicted octanol–water partition coefficient (Wildman–Crippen LogP) is 3.62. The molecule has 0 saturated heterocycles. The van der Waals surface area contributed by atoms with Gasteiger partial charge in [-0.1, -0.05) is 41.9 Å². The lowest BCUT2D eigenvalue weighted by molar-refractivity contribution is -0.117. The minimum Gasteiger partial charge on any atom is -0.396 e. The third-order valence-corrected chi connectivity index (χ3v) is 4.40. The summed E-state index contributed by atoms with van der Waals surface area (Å²) in [6.45, 7) is 0.132. The average molecular weight is 316 g/mol. The summed E-state index contributed by atoms with van der Waals surface area (Å²) in [6.07, 6.45) is 1.48. The number of halogens is 1. The maximum absolute atomic E-state index is 12.3. The summed E-state index contributed by atoms with van der Waals surface area (Å²) in [4.78, 5) is 12.3. The second kappa shape index (κ2) is 6.51. The third-order valence-electron chi connectivity index (χ3n) is 4.05. The van der Waals surface area contributed by atoms with Crippen molar-refractivity contribution in [3.63, 3.8) is 0 Å². The van der Waals surface area contributed by atoms with Crippen molar-refractivity contribution >= 4 is 23.2 Å². The monoisotopic (exact) mass is 315 g/mol. The highest BCUT2D eigenvalue weighted by Gasteiger charge is 2.44. The molecule has 2 unspecified atom stereocenters. The van der Waals surface area contributed by atoms with Crippen LogP contribution in [0.1, 0.15) is 23.5 Å². The van der Waals surface area contributed by atoms with Crippen molar-refractivity contribution in [1.29, 1.82) is 0 Å². The van der Waals surface area contributed by atoms with Gasteiger partial charge in [-0.3, -0.25) is 4.79 Å². The van der Waals surface area contributed by atoms with Gasteiger partial charge < -0.3 is 10.4 Å². The number of carbonyl (C=O) groups is 1. The lowest BCUT2D eigenvalue weighted by Crippen LogP contribution is -2.14. The van der Waals surface area contributed by atoms with Crippen LogP contribution in [0, 0.1) is 5.92 Å². The molecule has 1 amide bonds. The number of aliphatic hydroxyl groups excluding tert-OH is 1. The molecule has 2 aromatic carbocycles. The fraction of sp³-hybridized carbons (Fsp3) is 0.278. The quantitative estimate of drug-likeness (QED) is 0.885. The Labute approximate surface area is 134 Å². The van der Waals surface area contributed by atoms with Crippen molar-refractivity contribution in [2.75, 3.05) is 11.9 Å². The third kappa shape index (κ3) is 3.32. The fourth-order valence-corrected chi connectivity index (χ4v) is 3.00. The topological polar surface area (TPSA) is 49.3 Å². The van der Waals surface area contributed by atoms with Gasteiger partial charge in [0.2, 0.25) is 5.91 Å². The average Bonchev–Trinajstić information content (AvgIpc) is 3.30. The van der Waals surface area contributed by atoms with E-state index in [0.717, 1.165) is 28.3 Å². The number of nitrogens with one attached hydrogen (secondary N) is 1. The zero-order valence-corrected chi connectivity index (χ0v) is 12.9. The Morgan fingerprint density at radius 2 is 1.91 bits per heavy atom. The summed E-state index contributed by atoms with van der Waals surface area (Å²) < 4.78 is 0. The SMILES string of the molecule is O=C(Nc1ccc(CCO)cc1)C1CC1c1ccccc1Cl. The molecular formula is C18H18ClNO2. The summed E-state index contributed by atoms with van der Waals surface area (Å²) >= 11 is 6.18. The zero-order valence-electron chi connectivity index (χ0n) is 12.1. The van der Waals surface area contributed by atoms with Crippen LogP contribution in [0.2, 0.25) is 5.02 Å². The van der Waals surface area contributed by atoms with Crippen molar-refractivity contribution in [1.82, 2.24) is 0 Å². The summed E-state index contributed by atoms with van der Waals surface area (Å²) in [7, 11) is 0. The fourth-order valence-electron chi connectivity index (χ4n) is 2.72. The zero-order chi connectivity index (χ0) is 15.5. The van der Waals surface area contributed by atoms with E-state index in [1.807, 2.05) is 48.5 Å². The summed E-state index contributed by atoms with van der Waals surface area (Å²) in [5.74, 6) is 0.263. The smallest absolute Gasteiger partial charge is 0.228 e. The lowest BCUT2D eigenvalue weighted by atomic mass is 10.1. The van der Waals surface area contributed by atoms with Crippen LogP contribution in [0.5, 0.6) is 0 Å². The Morgan fingerprint density at radius 3 is 2.59 bits per heavy atom. The Kier molecular flexibility index (Phi) is 4.46. The molecular weight excluding hydrogens is 298 g/mol. The molecule has 0 aliphatic heterocycles. The second-order valence-corrected chi connectivity index (χ2v) is 6.04. The first-order chi connectivity index (χ1) is 10.7. The largest absolute Gasteiger partial charge is 0.396 e. The molecule has 2 atom stereocenters. The van der Waals surface area contributed by atoms with E-state index in [0.29, 0.717) is 6.42 Å². The van der Waals surface area contributed by atoms with Gasteiger partial charge in [-0.25, -0.2) is 0 Å². The number of anilines is 1. The molecule has 2 N–H and O–H groups in total. The van der Waals surface area contributed by atoms with Gasteiger partial charge in [0.25, 0.3) is 0 Å². The molecule has 1 saturated carbocycles. The Morgan fingerprint density at radius 1 is 1.18 bits per heavy atom. The van der Waals surface area contributed by atoms with Crippen LogP contribution in [0.4, 0.5) is 5.69 Å². The standard InChI is InChI=1S/C18H18ClNO2/c19-17-4-2-1-3-14(17)15-11-16(15)18(22)20-13-7-5-12(6-8-13)9-10-21/h1-8,15-16,21H,9-11H2,(H,20,22). The van der Waals surface area contributed by atoms with Crippen molar-refractivity contribution in [2.45, 2.75) is 18.8 Å². The van der Waals surface area contributed by atoms with Gasteiger partial charge in [0.1, 0.15) is 0 Å². The number of hydrogen-bond donors (Lipinski definition) is 2. The first-order valence-corrected chi connectivity index (χ1v) is 7.82. The van der Waals surface area contributed by atoms with E-state index in [1.54, 1.807) is 0 Å². The predicted molar refractivity (Wildman–Crippen MR) is 88.2 cm³/mol. The van der Waals surface area contributed by atoms with E-state index in [4.69, 9.17) is 16.7 Å². The van der Waals surface area contributed by atoms with E-state index in [9.17, 15) is 4.79 Å². The summed E-state index contributed by atoms with van der Waals surface area (Å²) in [6, 6.07) is 15.3. The van der Waals surface area contributed by atoms with Crippen LogP contribution in [0.3, 0.4) is 0 Å². The van der Waals surface area contributed by atoms with Gasteiger partial charge in [-0.15, -0.1) is 0 Å². The van der Waals surface area contributed by atoms with Crippen LogP contribution in [0.15, 0.2) is 48.5 Å². The molecule has 1 fully saturated rings. The maximum atomic E-state index is 12.3. The normalized spacial score (nSPS) is 19.7. The van der Waals surface area contributed by atoms with Crippen LogP contribution in [-0.4, -0.2) is 17.6 Å². The highest BCUT2D eigenvalue weighted by atomic mass is 35.5. The molecule has 0 bridgehead atoms. The van der Waals surface area contributed by atoms with E-state index in [2.05, 4.69) is 5.32 Å². The number of amides is 1. The van der Waals surface area contributed by atoms with Gasteiger partial charge in [0.15, 0.2) is 0 Å². The molecule has 0 radical (unpaired) electrons. The first kappa shape index (κ1) is 15.1. The number of rotatable bonds is 5. The number of benzene rings is 2. The van der Waals surface area contributed by atoms with Crippen LogP contribution in [-0.2, 0) is 11.2 Å². The van der Waals surface area contributed by atoms with E-state index >= 15 is 0 Å². The van der Waals surface area contributed by atoms with Gasteiger partial charge in [-0.2, -0.15) is 0 Å². The number of hydrogen-bond acceptors (Lipinski definition) is 2. The molecule has 2 aromatic rings. The molecule has 3 rings (SSSR count). The van der Waals surface area contributed by atoms with E-state index in [1.165, 1.54) is 0 Å². The molecule has 22 heavy (non-hydrogen) atoms. The van der Waals surface area contributed by atoms with Crippen molar-refractivity contribution < 1.29 is 9.90 Å². The van der Waals surface area contributed by atoms with Crippen LogP contribution >= 0.6 is 11.6 Å². The number of aliphatic hydroxyl groups is 1. The molecule has 0 aromatic heterocycles. The van der Waals surface area contributed by atoms with Gasteiger partial charge in [-0.05, 0) is 48.1 Å². The second-order valence-electron chi connectivity index (χ2n) is 5.63. The molecule has 1 aliphatic carbocycles. The van der Waals surface area contributed by atoms with E-state index in [-0.39, 0.29) is 24.3 Å². The lowest BCUT2D eigenvalue weighted by Gasteiger charge is -2.07. The Hall–Kier alpha value is -1.84. The van der Waals surface area contributed by atoms with Crippen LogP contribution < -0.4 is 5.32 Å². The molecule has 3 nitrogen and oxygen atoms in total. The van der Waals surface area contributed by atoms with Crippen LogP contribution in [0.25, 0.3) is 0 Å². The van der Waals surface area contributed by atoms with E-state index < -0.39 is 0 Å². The van der Waals surface area contributed by atoms with Gasteiger partial charge >= 0.3 is 0 Å². The minimum absolute atomic E-state index is 0.00276. The van der Waals surface area contributed by atoms with Crippen molar-refractivity contribution in [2.24, 2.45) is 5.92 Å². The number of carbonyl (C=O) groups excluding carboxylic acids is 1. The molecule has 4 heteroatoms. The molecule has 0 spiro atoms. The Balaban J connectivity index is 1.61. The minimum atomic E-state index is -0.00276. The van der Waals surface area contributed by atoms with Crippen molar-refractivity contribution in [3.05, 3.63) is 64.7 Å². The highest BCUT2D eigenvalue weighted by molar-refractivity contribution is 6.31. The molecule has 1 aliphatic rings. The van der Waals surface area contributed by atoms with Gasteiger partial charge in [0.05, 0.1) is 0 Å². The summed E-state index contributed by atoms with van der Waals surface area (Å²) in [5, 5.41) is 12.6. The maximum Gasteiger partial charge on any atom is 0.228 e. The Bertz CT molecular complexity index is 669. The first-order valence-electron chi connectivity index (χ1n) is 7.44. The highest BCUT2D eigenvalue weighted by Crippen LogP contribution is 2.49. The van der Waals surface area contributed by atoms with Gasteiger partial charge in [0, 0.05) is 23.2 Å². The summed E-state index contributed by atoms with van der Waals surface area (Å²) in [5.41, 5.74) is 2.90. The molecule has 114 valence electrons.